The predicted octanol–water partition coefficient (Wildman–Crippen LogP) is 10.9. The first-order valence-electron chi connectivity index (χ1n) is 14.5. The lowest BCUT2D eigenvalue weighted by atomic mass is 9.84. The monoisotopic (exact) mass is 550 g/mol. The zero-order chi connectivity index (χ0) is 28.7. The Labute approximate surface area is 248 Å². The average Bonchev–Trinajstić information content (AvgIpc) is 3.72. The molecule has 0 aliphatic heterocycles. The molecule has 0 fully saturated rings. The third-order valence-corrected chi connectivity index (χ3v) is 8.89. The highest BCUT2D eigenvalue weighted by Gasteiger charge is 2.30. The van der Waals surface area contributed by atoms with Gasteiger partial charge < -0.3 is 14.0 Å². The fourth-order valence-corrected chi connectivity index (χ4v) is 7.11. The molecular weight excluding hydrogens is 524 g/mol. The van der Waals surface area contributed by atoms with E-state index < -0.39 is 0 Å². The molecule has 0 saturated heterocycles. The van der Waals surface area contributed by atoms with Crippen molar-refractivity contribution in [2.45, 2.75) is 0 Å². The molecule has 3 aromatic heterocycles. The Kier molecular flexibility index (Phi) is 4.91. The number of nitrogens with one attached hydrogen (secondary N) is 1. The second-order valence-corrected chi connectivity index (χ2v) is 11.1. The van der Waals surface area contributed by atoms with Gasteiger partial charge in [-0.2, -0.15) is 0 Å². The molecular formula is C40H26N2O. The van der Waals surface area contributed by atoms with E-state index in [1.165, 1.54) is 10.8 Å². The van der Waals surface area contributed by atoms with Crippen LogP contribution in [0.3, 0.4) is 0 Å². The van der Waals surface area contributed by atoms with Crippen molar-refractivity contribution < 1.29 is 4.42 Å². The molecule has 0 atom stereocenters. The summed E-state index contributed by atoms with van der Waals surface area (Å²) in [6, 6.07) is 40.7. The summed E-state index contributed by atoms with van der Waals surface area (Å²) in [5, 5.41) is 4.55. The summed E-state index contributed by atoms with van der Waals surface area (Å²) < 4.78 is 8.61. The van der Waals surface area contributed by atoms with Crippen LogP contribution in [-0.4, -0.2) is 9.55 Å². The molecule has 0 spiro atoms. The fraction of sp³-hybridized carbons (Fsp3) is 0. The quantitative estimate of drug-likeness (QED) is 0.233. The number of benzene rings is 5. The molecule has 202 valence electrons. The third-order valence-electron chi connectivity index (χ3n) is 8.89. The van der Waals surface area contributed by atoms with E-state index in [2.05, 4.69) is 126 Å². The lowest BCUT2D eigenvalue weighted by Crippen LogP contribution is -2.02. The number of allylic oxidation sites excluding steroid dienone is 4. The van der Waals surface area contributed by atoms with Crippen molar-refractivity contribution in [3.8, 4) is 28.2 Å². The Balaban J connectivity index is 1.49. The van der Waals surface area contributed by atoms with E-state index in [1.807, 2.05) is 24.3 Å². The van der Waals surface area contributed by atoms with E-state index in [0.717, 1.165) is 83.4 Å². The lowest BCUT2D eigenvalue weighted by molar-refractivity contribution is 0.669. The maximum absolute atomic E-state index is 6.20. The minimum absolute atomic E-state index is 0.882. The van der Waals surface area contributed by atoms with E-state index in [-0.39, 0.29) is 0 Å². The van der Waals surface area contributed by atoms with Crippen LogP contribution in [0.2, 0.25) is 0 Å². The largest absolute Gasteiger partial charge is 0.456 e. The van der Waals surface area contributed by atoms with E-state index in [9.17, 15) is 0 Å². The number of fused-ring (bicyclic) bond motifs is 12. The highest BCUT2D eigenvalue weighted by atomic mass is 16.3. The number of nitrogens with zero attached hydrogens (tertiary/aromatic N) is 1. The molecule has 43 heavy (non-hydrogen) atoms. The Morgan fingerprint density at radius 2 is 1.23 bits per heavy atom. The Bertz CT molecular complexity index is 2490. The van der Waals surface area contributed by atoms with Crippen molar-refractivity contribution in [1.82, 2.24) is 9.55 Å². The van der Waals surface area contributed by atoms with Gasteiger partial charge in [0.15, 0.2) is 0 Å². The summed E-state index contributed by atoms with van der Waals surface area (Å²) in [5.74, 6) is 0. The van der Waals surface area contributed by atoms with Gasteiger partial charge in [0.1, 0.15) is 11.2 Å². The van der Waals surface area contributed by atoms with Crippen molar-refractivity contribution in [2.24, 2.45) is 0 Å². The first-order valence-corrected chi connectivity index (χ1v) is 14.5. The minimum atomic E-state index is 0.882. The Morgan fingerprint density at radius 3 is 2.07 bits per heavy atom. The van der Waals surface area contributed by atoms with Gasteiger partial charge in [0, 0.05) is 55.0 Å². The molecule has 9 rings (SSSR count). The van der Waals surface area contributed by atoms with Crippen LogP contribution in [0.5, 0.6) is 0 Å². The predicted molar refractivity (Wildman–Crippen MR) is 180 cm³/mol. The number of hydrogen-bond donors (Lipinski definition) is 1. The second kappa shape index (κ2) is 8.85. The van der Waals surface area contributed by atoms with Gasteiger partial charge in [0.05, 0.1) is 16.9 Å². The number of hydrogen-bond acceptors (Lipinski definition) is 1. The van der Waals surface area contributed by atoms with Gasteiger partial charge in [-0.15, -0.1) is 0 Å². The van der Waals surface area contributed by atoms with Crippen LogP contribution >= 0.6 is 0 Å². The molecule has 1 aliphatic carbocycles. The van der Waals surface area contributed by atoms with E-state index >= 15 is 0 Å². The van der Waals surface area contributed by atoms with E-state index in [1.54, 1.807) is 0 Å². The molecule has 0 saturated carbocycles. The summed E-state index contributed by atoms with van der Waals surface area (Å²) >= 11 is 0. The Morgan fingerprint density at radius 1 is 0.581 bits per heavy atom. The summed E-state index contributed by atoms with van der Waals surface area (Å²) in [4.78, 5) is 3.78. The van der Waals surface area contributed by atoms with E-state index in [0.29, 0.717) is 0 Å². The zero-order valence-corrected chi connectivity index (χ0v) is 23.4. The van der Waals surface area contributed by atoms with Crippen molar-refractivity contribution in [3.63, 3.8) is 0 Å². The summed E-state index contributed by atoms with van der Waals surface area (Å²) in [6.45, 7) is 8.70. The summed E-state index contributed by atoms with van der Waals surface area (Å²) in [6.07, 6.45) is 3.99. The normalized spacial score (nSPS) is 14.4. The topological polar surface area (TPSA) is 33.9 Å². The Hall–Kier alpha value is -5.80. The number of para-hydroxylation sites is 3. The molecule has 1 N–H and O–H groups in total. The van der Waals surface area contributed by atoms with Gasteiger partial charge in [-0.05, 0) is 47.5 Å². The maximum atomic E-state index is 6.20. The van der Waals surface area contributed by atoms with Gasteiger partial charge in [0.25, 0.3) is 0 Å². The first-order chi connectivity index (χ1) is 21.3. The van der Waals surface area contributed by atoms with Crippen LogP contribution in [-0.2, 0) is 0 Å². The molecule has 0 bridgehead atoms. The summed E-state index contributed by atoms with van der Waals surface area (Å²) in [7, 11) is 0. The van der Waals surface area contributed by atoms with Crippen molar-refractivity contribution in [1.29, 1.82) is 0 Å². The lowest BCUT2D eigenvalue weighted by Gasteiger charge is -2.21. The number of rotatable bonds is 3. The molecule has 3 nitrogen and oxygen atoms in total. The number of aromatic amines is 1. The van der Waals surface area contributed by atoms with Crippen LogP contribution in [0, 0.1) is 0 Å². The SMILES string of the molecule is C=C/C1=C(\C=C)c2c(n(-c3ccc4oc5ccccc5c4c3)c3ccccc23)-c2ccccc2-c2[nH]c3ccccc3c21. The maximum Gasteiger partial charge on any atom is 0.135 e. The van der Waals surface area contributed by atoms with E-state index in [4.69, 9.17) is 4.42 Å². The van der Waals surface area contributed by atoms with Gasteiger partial charge in [-0.25, -0.2) is 0 Å². The molecule has 5 aromatic carbocycles. The van der Waals surface area contributed by atoms with Crippen molar-refractivity contribution in [2.75, 3.05) is 0 Å². The number of furan rings is 1. The van der Waals surface area contributed by atoms with Crippen LogP contribution in [0.25, 0.3) is 83.1 Å². The van der Waals surface area contributed by atoms with Gasteiger partial charge in [-0.3, -0.25) is 0 Å². The number of aromatic nitrogens is 2. The number of H-pyrrole nitrogens is 1. The fourth-order valence-electron chi connectivity index (χ4n) is 7.11. The van der Waals surface area contributed by atoms with Crippen molar-refractivity contribution >= 4 is 54.9 Å². The second-order valence-electron chi connectivity index (χ2n) is 11.1. The highest BCUT2D eigenvalue weighted by molar-refractivity contribution is 6.18. The standard InChI is InChI=1S/C40H26N2O/c1-3-25-26(4-2)38-31-17-8-11-19-34(31)42(24-21-22-36-32(23-24)27-13-9-12-20-35(27)43-36)40(38)29-15-6-5-14-28(29)39-37(25)30-16-7-10-18-33(30)41-39/h3-23,41H,1-2H2/b26-25-,37-25?,38-26?,39-28?,40-29?. The smallest absolute Gasteiger partial charge is 0.135 e. The van der Waals surface area contributed by atoms with Crippen LogP contribution in [0.4, 0.5) is 0 Å². The molecule has 0 radical (unpaired) electrons. The molecule has 3 heterocycles. The zero-order valence-electron chi connectivity index (χ0n) is 23.4. The molecule has 8 aromatic rings. The molecule has 1 aliphatic rings. The first kappa shape index (κ1) is 23.9. The summed E-state index contributed by atoms with van der Waals surface area (Å²) in [5.41, 5.74) is 14.0. The highest BCUT2D eigenvalue weighted by Crippen LogP contribution is 2.50. The van der Waals surface area contributed by atoms with Gasteiger partial charge >= 0.3 is 0 Å². The van der Waals surface area contributed by atoms with Crippen molar-refractivity contribution in [3.05, 3.63) is 152 Å². The molecule has 0 amide bonds. The van der Waals surface area contributed by atoms with Crippen LogP contribution in [0.15, 0.2) is 145 Å². The van der Waals surface area contributed by atoms with Gasteiger partial charge in [-0.1, -0.05) is 104 Å². The van der Waals surface area contributed by atoms with Crippen LogP contribution in [0.1, 0.15) is 11.1 Å². The minimum Gasteiger partial charge on any atom is -0.456 e. The molecule has 0 unspecified atom stereocenters. The average molecular weight is 551 g/mol. The third kappa shape index (κ3) is 3.19. The van der Waals surface area contributed by atoms with Gasteiger partial charge in [0.2, 0.25) is 0 Å². The molecule has 3 heteroatoms. The van der Waals surface area contributed by atoms with Crippen LogP contribution < -0.4 is 0 Å².